The van der Waals surface area contributed by atoms with Gasteiger partial charge in [0.15, 0.2) is 0 Å². The molecule has 0 heterocycles. The van der Waals surface area contributed by atoms with Gasteiger partial charge in [0.2, 0.25) is 11.8 Å². The number of aryl methyl sites for hydroxylation is 3. The summed E-state index contributed by atoms with van der Waals surface area (Å²) in [5.74, 6) is -0.739. The quantitative estimate of drug-likeness (QED) is 0.165. The topological polar surface area (TPSA) is 86.8 Å². The van der Waals surface area contributed by atoms with Crippen molar-refractivity contribution in [3.05, 3.63) is 131 Å². The number of sulfonamides is 1. The predicted molar refractivity (Wildman–Crippen MR) is 180 cm³/mol. The fourth-order valence-electron chi connectivity index (χ4n) is 5.28. The summed E-state index contributed by atoms with van der Waals surface area (Å²) in [6, 6.07) is 30.3. The highest BCUT2D eigenvalue weighted by Crippen LogP contribution is 2.28. The van der Waals surface area contributed by atoms with E-state index < -0.39 is 28.5 Å². The van der Waals surface area contributed by atoms with Gasteiger partial charge in [-0.05, 0) is 62.1 Å². The summed E-state index contributed by atoms with van der Waals surface area (Å²) in [5, 5.41) is 3.02. The van der Waals surface area contributed by atoms with Crippen LogP contribution in [0.4, 0.5) is 5.69 Å². The number of carbonyl (C=O) groups is 2. The molecule has 4 aromatic carbocycles. The number of amides is 2. The fraction of sp³-hybridized carbons (Fsp3) is 0.297. The molecule has 0 aliphatic rings. The van der Waals surface area contributed by atoms with Crippen LogP contribution in [-0.2, 0) is 32.6 Å². The molecule has 4 rings (SSSR count). The highest BCUT2D eigenvalue weighted by Gasteiger charge is 2.35. The first kappa shape index (κ1) is 33.5. The third-order valence-corrected chi connectivity index (χ3v) is 9.58. The van der Waals surface area contributed by atoms with Crippen LogP contribution in [0.1, 0.15) is 47.6 Å². The van der Waals surface area contributed by atoms with Crippen LogP contribution < -0.4 is 9.62 Å². The molecular weight excluding hydrogens is 582 g/mol. The Morgan fingerprint density at radius 2 is 1.38 bits per heavy atom. The van der Waals surface area contributed by atoms with Gasteiger partial charge in [0, 0.05) is 19.5 Å². The average molecular weight is 626 g/mol. The smallest absolute Gasteiger partial charge is 0.264 e. The monoisotopic (exact) mass is 625 g/mol. The summed E-state index contributed by atoms with van der Waals surface area (Å²) in [6.45, 7) is 7.88. The predicted octanol–water partition coefficient (Wildman–Crippen LogP) is 6.36. The molecule has 236 valence electrons. The van der Waals surface area contributed by atoms with E-state index in [0.29, 0.717) is 12.2 Å². The average Bonchev–Trinajstić information content (AvgIpc) is 3.03. The Hall–Kier alpha value is -4.43. The van der Waals surface area contributed by atoms with Gasteiger partial charge in [0.25, 0.3) is 10.0 Å². The summed E-state index contributed by atoms with van der Waals surface area (Å²) >= 11 is 0. The highest BCUT2D eigenvalue weighted by atomic mass is 32.2. The second-order valence-corrected chi connectivity index (χ2v) is 13.3. The van der Waals surface area contributed by atoms with Crippen molar-refractivity contribution >= 4 is 27.5 Å². The Morgan fingerprint density at radius 3 is 1.98 bits per heavy atom. The molecule has 0 aliphatic heterocycles. The lowest BCUT2D eigenvalue weighted by atomic mass is 10.0. The van der Waals surface area contributed by atoms with E-state index in [4.69, 9.17) is 0 Å². The number of hydrogen-bond acceptors (Lipinski definition) is 4. The SMILES string of the molecule is CCCCNC(=O)[C@H](Cc1ccccc1)N(Cc1ccccc1)C(=O)CN(c1ccc(C)cc1C)S(=O)(=O)c1ccc(C)cc1. The largest absolute Gasteiger partial charge is 0.354 e. The summed E-state index contributed by atoms with van der Waals surface area (Å²) in [7, 11) is -4.14. The van der Waals surface area contributed by atoms with E-state index in [0.717, 1.165) is 40.7 Å². The van der Waals surface area contributed by atoms with Crippen LogP contribution in [0.25, 0.3) is 0 Å². The first-order valence-corrected chi connectivity index (χ1v) is 16.9. The Morgan fingerprint density at radius 1 is 0.778 bits per heavy atom. The van der Waals surface area contributed by atoms with E-state index in [1.807, 2.05) is 93.6 Å². The molecule has 0 fully saturated rings. The van der Waals surface area contributed by atoms with E-state index in [1.54, 1.807) is 30.3 Å². The standard InChI is InChI=1S/C37H43N3O4S/c1-5-6-23-38-37(42)35(25-31-13-9-7-10-14-31)39(26-32-15-11-8-12-16-32)36(41)27-40(34-22-19-29(3)24-30(34)4)45(43,44)33-20-17-28(2)18-21-33/h7-22,24,35H,5-6,23,25-27H2,1-4H3,(H,38,42)/t35-/m0/s1. The minimum atomic E-state index is -4.14. The first-order valence-electron chi connectivity index (χ1n) is 15.4. The molecule has 0 spiro atoms. The van der Waals surface area contributed by atoms with Gasteiger partial charge in [-0.3, -0.25) is 13.9 Å². The molecule has 1 N–H and O–H groups in total. The summed E-state index contributed by atoms with van der Waals surface area (Å²) < 4.78 is 29.7. The van der Waals surface area contributed by atoms with Crippen LogP contribution in [0.2, 0.25) is 0 Å². The van der Waals surface area contributed by atoms with Gasteiger partial charge in [0.1, 0.15) is 12.6 Å². The summed E-state index contributed by atoms with van der Waals surface area (Å²) in [4.78, 5) is 30.0. The van der Waals surface area contributed by atoms with Gasteiger partial charge >= 0.3 is 0 Å². The lowest BCUT2D eigenvalue weighted by Gasteiger charge is -2.34. The molecule has 7 nitrogen and oxygen atoms in total. The van der Waals surface area contributed by atoms with Crippen molar-refractivity contribution in [3.8, 4) is 0 Å². The van der Waals surface area contributed by atoms with Crippen LogP contribution in [-0.4, -0.2) is 44.3 Å². The van der Waals surface area contributed by atoms with E-state index in [-0.39, 0.29) is 23.8 Å². The van der Waals surface area contributed by atoms with Crippen LogP contribution in [0.15, 0.2) is 108 Å². The van der Waals surface area contributed by atoms with E-state index >= 15 is 0 Å². The minimum absolute atomic E-state index is 0.0913. The number of anilines is 1. The van der Waals surface area contributed by atoms with Crippen molar-refractivity contribution in [2.24, 2.45) is 0 Å². The molecule has 8 heteroatoms. The fourth-order valence-corrected chi connectivity index (χ4v) is 6.75. The van der Waals surface area contributed by atoms with Crippen LogP contribution in [0.5, 0.6) is 0 Å². The van der Waals surface area contributed by atoms with Crippen molar-refractivity contribution in [1.82, 2.24) is 10.2 Å². The van der Waals surface area contributed by atoms with Gasteiger partial charge in [0.05, 0.1) is 10.6 Å². The van der Waals surface area contributed by atoms with Crippen molar-refractivity contribution in [3.63, 3.8) is 0 Å². The second-order valence-electron chi connectivity index (χ2n) is 11.5. The molecule has 0 saturated heterocycles. The molecule has 0 radical (unpaired) electrons. The van der Waals surface area contributed by atoms with Crippen LogP contribution >= 0.6 is 0 Å². The van der Waals surface area contributed by atoms with Crippen LogP contribution in [0, 0.1) is 20.8 Å². The Bertz CT molecular complexity index is 1670. The molecule has 4 aromatic rings. The van der Waals surface area contributed by atoms with Gasteiger partial charge in [-0.15, -0.1) is 0 Å². The van der Waals surface area contributed by atoms with Crippen molar-refractivity contribution in [1.29, 1.82) is 0 Å². The Balaban J connectivity index is 1.80. The molecule has 0 unspecified atom stereocenters. The molecule has 45 heavy (non-hydrogen) atoms. The maximum absolute atomic E-state index is 14.5. The molecule has 2 amide bonds. The molecule has 0 aromatic heterocycles. The number of unbranched alkanes of at least 4 members (excludes halogenated alkanes) is 1. The molecular formula is C37H43N3O4S. The minimum Gasteiger partial charge on any atom is -0.354 e. The molecule has 0 saturated carbocycles. The number of hydrogen-bond donors (Lipinski definition) is 1. The van der Waals surface area contributed by atoms with Gasteiger partial charge < -0.3 is 10.2 Å². The maximum atomic E-state index is 14.5. The van der Waals surface area contributed by atoms with E-state index in [2.05, 4.69) is 12.2 Å². The van der Waals surface area contributed by atoms with Gasteiger partial charge in [-0.1, -0.05) is 109 Å². The van der Waals surface area contributed by atoms with Crippen molar-refractivity contribution < 1.29 is 18.0 Å². The zero-order valence-corrected chi connectivity index (χ0v) is 27.4. The number of rotatable bonds is 14. The lowest BCUT2D eigenvalue weighted by Crippen LogP contribution is -2.53. The number of nitrogens with zero attached hydrogens (tertiary/aromatic N) is 2. The lowest BCUT2D eigenvalue weighted by molar-refractivity contribution is -0.140. The van der Waals surface area contributed by atoms with Gasteiger partial charge in [-0.2, -0.15) is 0 Å². The van der Waals surface area contributed by atoms with Crippen LogP contribution in [0.3, 0.4) is 0 Å². The van der Waals surface area contributed by atoms with Crippen molar-refractivity contribution in [2.75, 3.05) is 17.4 Å². The van der Waals surface area contributed by atoms with E-state index in [9.17, 15) is 18.0 Å². The van der Waals surface area contributed by atoms with Crippen molar-refractivity contribution in [2.45, 2.75) is 64.4 Å². The molecule has 1 atom stereocenters. The molecule has 0 aliphatic carbocycles. The second kappa shape index (κ2) is 15.5. The Kier molecular flexibility index (Phi) is 11.5. The third kappa shape index (κ3) is 8.82. The highest BCUT2D eigenvalue weighted by molar-refractivity contribution is 7.92. The van der Waals surface area contributed by atoms with Gasteiger partial charge in [-0.25, -0.2) is 8.42 Å². The first-order chi connectivity index (χ1) is 21.6. The number of nitrogens with one attached hydrogen (secondary N) is 1. The summed E-state index contributed by atoms with van der Waals surface area (Å²) in [6.07, 6.45) is 2.01. The number of benzene rings is 4. The summed E-state index contributed by atoms with van der Waals surface area (Å²) in [5.41, 5.74) is 4.79. The Labute approximate surface area is 268 Å². The number of carbonyl (C=O) groups excluding carboxylic acids is 2. The van der Waals surface area contributed by atoms with E-state index in [1.165, 1.54) is 9.21 Å². The zero-order chi connectivity index (χ0) is 32.4. The third-order valence-electron chi connectivity index (χ3n) is 7.81. The maximum Gasteiger partial charge on any atom is 0.264 e. The zero-order valence-electron chi connectivity index (χ0n) is 26.6. The normalized spacial score (nSPS) is 11.9. The molecule has 0 bridgehead atoms.